The third kappa shape index (κ3) is 2.04. The van der Waals surface area contributed by atoms with Gasteiger partial charge in [-0.3, -0.25) is 4.79 Å². The van der Waals surface area contributed by atoms with Crippen molar-refractivity contribution in [2.75, 3.05) is 0 Å². The van der Waals surface area contributed by atoms with E-state index in [9.17, 15) is 4.79 Å². The van der Waals surface area contributed by atoms with Crippen LogP contribution in [-0.4, -0.2) is 11.9 Å². The molecule has 0 radical (unpaired) electrons. The summed E-state index contributed by atoms with van der Waals surface area (Å²) in [6, 6.07) is 10.7. The molecule has 15 heavy (non-hydrogen) atoms. The standard InChI is InChI=1S/C13H17NO/c1-9-8-12(10(2)14-13(9)15)11-6-4-3-5-7-11/h3-7,9-10,12H,8H2,1-2H3,(H,14,15)/t9?,10-,12-/m1/s1. The second-order valence-corrected chi connectivity index (χ2v) is 4.45. The predicted molar refractivity (Wildman–Crippen MR) is 60.6 cm³/mol. The van der Waals surface area contributed by atoms with Gasteiger partial charge in [0.2, 0.25) is 5.91 Å². The summed E-state index contributed by atoms with van der Waals surface area (Å²) in [7, 11) is 0. The zero-order valence-corrected chi connectivity index (χ0v) is 9.23. The lowest BCUT2D eigenvalue weighted by Gasteiger charge is -2.33. The summed E-state index contributed by atoms with van der Waals surface area (Å²) in [5.41, 5.74) is 1.33. The lowest BCUT2D eigenvalue weighted by Crippen LogP contribution is -2.45. The molecule has 2 heteroatoms. The molecule has 1 amide bonds. The maximum atomic E-state index is 11.5. The smallest absolute Gasteiger partial charge is 0.223 e. The van der Waals surface area contributed by atoms with E-state index >= 15 is 0 Å². The first-order valence-corrected chi connectivity index (χ1v) is 5.54. The summed E-state index contributed by atoms with van der Waals surface area (Å²) in [6.45, 7) is 4.08. The molecule has 0 spiro atoms. The maximum Gasteiger partial charge on any atom is 0.223 e. The number of rotatable bonds is 1. The number of carbonyl (C=O) groups excluding carboxylic acids is 1. The SMILES string of the molecule is CC1C[C@@H](c2ccccc2)[C@@H](C)NC1=O. The fraction of sp³-hybridized carbons (Fsp3) is 0.462. The van der Waals surface area contributed by atoms with Crippen molar-refractivity contribution in [2.45, 2.75) is 32.2 Å². The van der Waals surface area contributed by atoms with E-state index in [0.29, 0.717) is 5.92 Å². The minimum Gasteiger partial charge on any atom is -0.353 e. The Bertz CT molecular complexity index is 347. The van der Waals surface area contributed by atoms with Crippen LogP contribution in [0.2, 0.25) is 0 Å². The average Bonchev–Trinajstić information content (AvgIpc) is 2.25. The normalized spacial score (nSPS) is 31.1. The number of hydrogen-bond acceptors (Lipinski definition) is 1. The molecule has 2 rings (SSSR count). The molecule has 1 unspecified atom stereocenters. The van der Waals surface area contributed by atoms with Gasteiger partial charge < -0.3 is 5.32 Å². The fourth-order valence-corrected chi connectivity index (χ4v) is 2.28. The van der Waals surface area contributed by atoms with Gasteiger partial charge in [0.15, 0.2) is 0 Å². The van der Waals surface area contributed by atoms with Crippen molar-refractivity contribution in [2.24, 2.45) is 5.92 Å². The van der Waals surface area contributed by atoms with Gasteiger partial charge in [-0.2, -0.15) is 0 Å². The van der Waals surface area contributed by atoms with Crippen molar-refractivity contribution in [3.8, 4) is 0 Å². The van der Waals surface area contributed by atoms with Gasteiger partial charge >= 0.3 is 0 Å². The van der Waals surface area contributed by atoms with Crippen LogP contribution in [0.15, 0.2) is 30.3 Å². The van der Waals surface area contributed by atoms with Crippen LogP contribution in [0.3, 0.4) is 0 Å². The van der Waals surface area contributed by atoms with E-state index in [1.807, 2.05) is 13.0 Å². The summed E-state index contributed by atoms with van der Waals surface area (Å²) >= 11 is 0. The highest BCUT2D eigenvalue weighted by atomic mass is 16.2. The van der Waals surface area contributed by atoms with Crippen molar-refractivity contribution < 1.29 is 4.79 Å². The lowest BCUT2D eigenvalue weighted by atomic mass is 9.81. The molecule has 1 aliphatic rings. The Hall–Kier alpha value is -1.31. The van der Waals surface area contributed by atoms with Crippen molar-refractivity contribution in [1.29, 1.82) is 0 Å². The maximum absolute atomic E-state index is 11.5. The van der Waals surface area contributed by atoms with Gasteiger partial charge in [0.1, 0.15) is 0 Å². The predicted octanol–water partition coefficient (Wildman–Crippen LogP) is 2.31. The molecule has 1 saturated heterocycles. The molecule has 0 bridgehead atoms. The average molecular weight is 203 g/mol. The minimum absolute atomic E-state index is 0.131. The second-order valence-electron chi connectivity index (χ2n) is 4.45. The highest BCUT2D eigenvalue weighted by Gasteiger charge is 2.31. The Morgan fingerprint density at radius 2 is 1.87 bits per heavy atom. The second kappa shape index (κ2) is 4.05. The van der Waals surface area contributed by atoms with E-state index in [2.05, 4.69) is 36.5 Å². The molecule has 3 atom stereocenters. The monoisotopic (exact) mass is 203 g/mol. The van der Waals surface area contributed by atoms with Crippen LogP contribution in [0, 0.1) is 5.92 Å². The van der Waals surface area contributed by atoms with Crippen molar-refractivity contribution in [3.05, 3.63) is 35.9 Å². The van der Waals surface area contributed by atoms with Crippen molar-refractivity contribution in [1.82, 2.24) is 5.32 Å². The summed E-state index contributed by atoms with van der Waals surface area (Å²) in [6.07, 6.45) is 0.955. The van der Waals surface area contributed by atoms with Crippen LogP contribution in [0.1, 0.15) is 31.7 Å². The zero-order chi connectivity index (χ0) is 10.8. The molecule has 80 valence electrons. The van der Waals surface area contributed by atoms with Gasteiger partial charge in [0, 0.05) is 17.9 Å². The molecule has 1 N–H and O–H groups in total. The molecule has 2 nitrogen and oxygen atoms in total. The quantitative estimate of drug-likeness (QED) is 0.745. The van der Waals surface area contributed by atoms with Crippen LogP contribution >= 0.6 is 0 Å². The molecule has 0 saturated carbocycles. The highest BCUT2D eigenvalue weighted by Crippen LogP contribution is 2.30. The summed E-state index contributed by atoms with van der Waals surface area (Å²) in [4.78, 5) is 11.5. The molecule has 1 aromatic rings. The Kier molecular flexibility index (Phi) is 2.76. The van der Waals surface area contributed by atoms with Crippen LogP contribution in [0.4, 0.5) is 0 Å². The number of hydrogen-bond donors (Lipinski definition) is 1. The van der Waals surface area contributed by atoms with E-state index in [1.54, 1.807) is 0 Å². The van der Waals surface area contributed by atoms with Crippen LogP contribution in [0.5, 0.6) is 0 Å². The first-order valence-electron chi connectivity index (χ1n) is 5.54. The van der Waals surface area contributed by atoms with Gasteiger partial charge in [-0.1, -0.05) is 37.3 Å². The van der Waals surface area contributed by atoms with E-state index in [-0.39, 0.29) is 17.9 Å². The first kappa shape index (κ1) is 10.2. The fourth-order valence-electron chi connectivity index (χ4n) is 2.28. The van der Waals surface area contributed by atoms with E-state index in [1.165, 1.54) is 5.56 Å². The molecule has 0 aromatic heterocycles. The van der Waals surface area contributed by atoms with Crippen LogP contribution in [-0.2, 0) is 4.79 Å². The summed E-state index contributed by atoms with van der Waals surface area (Å²) in [5.74, 6) is 0.778. The Labute approximate surface area is 90.7 Å². The molecule has 0 aliphatic carbocycles. The van der Waals surface area contributed by atoms with Gasteiger partial charge in [0.25, 0.3) is 0 Å². The Morgan fingerprint density at radius 3 is 2.53 bits per heavy atom. The molecule has 1 aromatic carbocycles. The lowest BCUT2D eigenvalue weighted by molar-refractivity contribution is -0.127. The number of nitrogens with one attached hydrogen (secondary N) is 1. The third-order valence-corrected chi connectivity index (χ3v) is 3.26. The Morgan fingerprint density at radius 1 is 1.20 bits per heavy atom. The molecular formula is C13H17NO. The van der Waals surface area contributed by atoms with Crippen molar-refractivity contribution in [3.63, 3.8) is 0 Å². The number of amides is 1. The zero-order valence-electron chi connectivity index (χ0n) is 9.23. The first-order chi connectivity index (χ1) is 7.18. The minimum atomic E-state index is 0.131. The van der Waals surface area contributed by atoms with E-state index < -0.39 is 0 Å². The summed E-state index contributed by atoms with van der Waals surface area (Å²) in [5, 5.41) is 3.04. The van der Waals surface area contributed by atoms with Gasteiger partial charge in [-0.15, -0.1) is 0 Å². The van der Waals surface area contributed by atoms with E-state index in [4.69, 9.17) is 0 Å². The largest absolute Gasteiger partial charge is 0.353 e. The molecule has 1 aliphatic heterocycles. The Balaban J connectivity index is 2.20. The summed E-state index contributed by atoms with van der Waals surface area (Å²) < 4.78 is 0. The number of benzene rings is 1. The third-order valence-electron chi connectivity index (χ3n) is 3.26. The number of piperidine rings is 1. The highest BCUT2D eigenvalue weighted by molar-refractivity contribution is 5.79. The van der Waals surface area contributed by atoms with E-state index in [0.717, 1.165) is 6.42 Å². The van der Waals surface area contributed by atoms with Gasteiger partial charge in [-0.05, 0) is 18.9 Å². The van der Waals surface area contributed by atoms with Crippen molar-refractivity contribution >= 4 is 5.91 Å². The molecule has 1 fully saturated rings. The van der Waals surface area contributed by atoms with Gasteiger partial charge in [0.05, 0.1) is 0 Å². The topological polar surface area (TPSA) is 29.1 Å². The molecular weight excluding hydrogens is 186 g/mol. The molecule has 1 heterocycles. The van der Waals surface area contributed by atoms with Crippen LogP contribution in [0.25, 0.3) is 0 Å². The van der Waals surface area contributed by atoms with Crippen LogP contribution < -0.4 is 5.32 Å². The van der Waals surface area contributed by atoms with Gasteiger partial charge in [-0.25, -0.2) is 0 Å². The number of carbonyl (C=O) groups is 1.